The summed E-state index contributed by atoms with van der Waals surface area (Å²) in [7, 11) is 13.6. The molecule has 4 N–H and O–H groups in total. The number of hydrogen-bond donors (Lipinski definition) is 4. The predicted octanol–water partition coefficient (Wildman–Crippen LogP) is 0.500. The van der Waals surface area contributed by atoms with Crippen LogP contribution in [0.2, 0.25) is 5.02 Å². The summed E-state index contributed by atoms with van der Waals surface area (Å²) in [6.07, 6.45) is -5.31. The van der Waals surface area contributed by atoms with E-state index in [9.17, 15) is 20.4 Å². The smallest absolute Gasteiger partial charge is 0.126 e. The summed E-state index contributed by atoms with van der Waals surface area (Å²) < 4.78 is 11.1. The standard InChI is InChI=1S/C22H23B2ClO6/c1-30-16-7-15(25)12(4-10-2-3-11-8-22(23,24)14(11)5-10)6-13(16)21-20(29)19(28)18(27)17(9-26)31-21/h2-3,5-7,17-21,26-29H,4,8-9H2,1H3/t17-,18-,19+,20-,21+/m1/s1. The van der Waals surface area contributed by atoms with Crippen LogP contribution in [0, 0.1) is 0 Å². The van der Waals surface area contributed by atoms with Crippen LogP contribution in [0.25, 0.3) is 0 Å². The molecule has 1 aliphatic carbocycles. The second kappa shape index (κ2) is 8.43. The summed E-state index contributed by atoms with van der Waals surface area (Å²) in [5.74, 6) is 0.359. The number of rotatable bonds is 5. The van der Waals surface area contributed by atoms with Crippen LogP contribution >= 0.6 is 11.6 Å². The minimum Gasteiger partial charge on any atom is -0.496 e. The van der Waals surface area contributed by atoms with Crippen molar-refractivity contribution in [2.45, 2.75) is 48.6 Å². The SMILES string of the molecule is [B]C1([B])Cc2ccc(Cc3cc([C@@H]4O[C@H](CO)[C@@H](O)[C@H](O)[C@H]4O)c(OC)cc3Cl)cc21. The lowest BCUT2D eigenvalue weighted by atomic mass is 9.42. The van der Waals surface area contributed by atoms with E-state index in [0.717, 1.165) is 22.3 Å². The van der Waals surface area contributed by atoms with Gasteiger partial charge in [0.1, 0.15) is 36.3 Å². The predicted molar refractivity (Wildman–Crippen MR) is 117 cm³/mol. The van der Waals surface area contributed by atoms with Crippen LogP contribution in [-0.2, 0) is 22.8 Å². The number of hydrogen-bond acceptors (Lipinski definition) is 6. The van der Waals surface area contributed by atoms with Crippen LogP contribution in [0.15, 0.2) is 30.3 Å². The Morgan fingerprint density at radius 2 is 1.87 bits per heavy atom. The molecule has 9 heteroatoms. The number of ether oxygens (including phenoxy) is 2. The molecule has 1 saturated heterocycles. The second-order valence-electron chi connectivity index (χ2n) is 8.32. The number of halogens is 1. The van der Waals surface area contributed by atoms with Crippen molar-refractivity contribution in [2.24, 2.45) is 0 Å². The summed E-state index contributed by atoms with van der Waals surface area (Å²) in [5, 5.41) is 39.9. The number of aliphatic hydroxyl groups is 4. The summed E-state index contributed by atoms with van der Waals surface area (Å²) >= 11 is 6.49. The number of aliphatic hydroxyl groups excluding tert-OH is 4. The van der Waals surface area contributed by atoms with Crippen molar-refractivity contribution >= 4 is 27.3 Å². The topological polar surface area (TPSA) is 99.4 Å². The van der Waals surface area contributed by atoms with Gasteiger partial charge in [-0.2, -0.15) is 0 Å². The van der Waals surface area contributed by atoms with Gasteiger partial charge in [0.2, 0.25) is 0 Å². The largest absolute Gasteiger partial charge is 0.496 e. The summed E-state index contributed by atoms with van der Waals surface area (Å²) in [6, 6.07) is 9.31. The van der Waals surface area contributed by atoms with Gasteiger partial charge in [0.05, 0.1) is 29.4 Å². The molecule has 0 unspecified atom stereocenters. The fourth-order valence-corrected chi connectivity index (χ4v) is 4.58. The van der Waals surface area contributed by atoms with Gasteiger partial charge < -0.3 is 29.9 Å². The fraction of sp³-hybridized carbons (Fsp3) is 0.455. The van der Waals surface area contributed by atoms with Crippen LogP contribution in [0.3, 0.4) is 0 Å². The third kappa shape index (κ3) is 4.01. The Morgan fingerprint density at radius 1 is 1.13 bits per heavy atom. The number of benzene rings is 2. The van der Waals surface area contributed by atoms with Crippen molar-refractivity contribution in [1.29, 1.82) is 0 Å². The molecule has 0 spiro atoms. The molecule has 2 aliphatic rings. The molecule has 160 valence electrons. The Kier molecular flexibility index (Phi) is 6.16. The highest BCUT2D eigenvalue weighted by Gasteiger charge is 2.45. The molecule has 1 heterocycles. The molecule has 1 fully saturated rings. The first kappa shape index (κ1) is 22.6. The van der Waals surface area contributed by atoms with Gasteiger partial charge in [0.15, 0.2) is 0 Å². The zero-order valence-electron chi connectivity index (χ0n) is 17.0. The van der Waals surface area contributed by atoms with Gasteiger partial charge in [0.25, 0.3) is 0 Å². The van der Waals surface area contributed by atoms with Gasteiger partial charge in [-0.05, 0) is 41.7 Å². The molecule has 0 bridgehead atoms. The first-order chi connectivity index (χ1) is 14.7. The molecular weight excluding hydrogens is 417 g/mol. The Hall–Kier alpha value is -1.54. The molecule has 0 amide bonds. The zero-order valence-corrected chi connectivity index (χ0v) is 17.8. The normalized spacial score (nSPS) is 29.2. The second-order valence-corrected chi connectivity index (χ2v) is 8.73. The van der Waals surface area contributed by atoms with E-state index in [2.05, 4.69) is 0 Å². The van der Waals surface area contributed by atoms with Gasteiger partial charge in [0, 0.05) is 10.6 Å². The average molecular weight is 440 g/mol. The van der Waals surface area contributed by atoms with E-state index in [0.29, 0.717) is 29.2 Å². The Labute approximate surface area is 188 Å². The minimum atomic E-state index is -1.49. The summed E-state index contributed by atoms with van der Waals surface area (Å²) in [6.45, 7) is -0.515. The lowest BCUT2D eigenvalue weighted by Crippen LogP contribution is -2.55. The Morgan fingerprint density at radius 3 is 2.52 bits per heavy atom. The third-order valence-electron chi connectivity index (χ3n) is 6.15. The molecule has 4 radical (unpaired) electrons. The van der Waals surface area contributed by atoms with Crippen molar-refractivity contribution < 1.29 is 29.9 Å². The maximum Gasteiger partial charge on any atom is 0.126 e. The van der Waals surface area contributed by atoms with Crippen molar-refractivity contribution in [3.8, 4) is 5.75 Å². The molecule has 0 aromatic heterocycles. The number of fused-ring (bicyclic) bond motifs is 1. The van der Waals surface area contributed by atoms with E-state index in [4.69, 9.17) is 36.8 Å². The monoisotopic (exact) mass is 440 g/mol. The maximum absolute atomic E-state index is 10.5. The molecule has 31 heavy (non-hydrogen) atoms. The highest BCUT2D eigenvalue weighted by Crippen LogP contribution is 2.41. The van der Waals surface area contributed by atoms with E-state index in [-0.39, 0.29) is 0 Å². The fourth-order valence-electron chi connectivity index (χ4n) is 4.36. The zero-order chi connectivity index (χ0) is 22.5. The molecule has 2 aromatic carbocycles. The molecular formula is C22H23B2ClO6. The van der Waals surface area contributed by atoms with Crippen molar-refractivity contribution in [2.75, 3.05) is 13.7 Å². The van der Waals surface area contributed by atoms with Gasteiger partial charge in [-0.15, -0.1) is 0 Å². The first-order valence-electron chi connectivity index (χ1n) is 10.0. The lowest BCUT2D eigenvalue weighted by Gasteiger charge is -2.40. The van der Waals surface area contributed by atoms with E-state index in [1.165, 1.54) is 7.11 Å². The van der Waals surface area contributed by atoms with Gasteiger partial charge in [-0.1, -0.05) is 40.6 Å². The van der Waals surface area contributed by atoms with Gasteiger partial charge in [-0.3, -0.25) is 0 Å². The molecule has 0 saturated carbocycles. The van der Waals surface area contributed by atoms with E-state index in [1.807, 2.05) is 18.2 Å². The maximum atomic E-state index is 10.5. The average Bonchev–Trinajstić information content (AvgIpc) is 2.74. The summed E-state index contributed by atoms with van der Waals surface area (Å²) in [5.41, 5.74) is 4.19. The molecule has 2 aromatic rings. The van der Waals surface area contributed by atoms with Crippen LogP contribution in [0.5, 0.6) is 5.75 Å². The van der Waals surface area contributed by atoms with Crippen molar-refractivity contribution in [3.05, 3.63) is 63.2 Å². The van der Waals surface area contributed by atoms with E-state index >= 15 is 0 Å². The van der Waals surface area contributed by atoms with Crippen LogP contribution in [-0.4, -0.2) is 74.3 Å². The van der Waals surface area contributed by atoms with E-state index < -0.39 is 42.3 Å². The number of methoxy groups -OCH3 is 1. The Bertz CT molecular complexity index is 983. The van der Waals surface area contributed by atoms with Gasteiger partial charge in [-0.25, -0.2) is 0 Å². The van der Waals surface area contributed by atoms with Crippen LogP contribution < -0.4 is 4.74 Å². The quantitative estimate of drug-likeness (QED) is 0.506. The highest BCUT2D eigenvalue weighted by atomic mass is 35.5. The minimum absolute atomic E-state index is 0.359. The Balaban J connectivity index is 1.69. The van der Waals surface area contributed by atoms with Gasteiger partial charge >= 0.3 is 0 Å². The van der Waals surface area contributed by atoms with Crippen molar-refractivity contribution in [3.63, 3.8) is 0 Å². The lowest BCUT2D eigenvalue weighted by molar-refractivity contribution is -0.232. The first-order valence-corrected chi connectivity index (χ1v) is 10.4. The van der Waals surface area contributed by atoms with Crippen LogP contribution in [0.4, 0.5) is 0 Å². The van der Waals surface area contributed by atoms with Crippen LogP contribution in [0.1, 0.15) is 33.9 Å². The highest BCUT2D eigenvalue weighted by molar-refractivity contribution is 6.41. The molecule has 5 atom stereocenters. The molecule has 6 nitrogen and oxygen atoms in total. The molecule has 4 rings (SSSR count). The van der Waals surface area contributed by atoms with E-state index in [1.54, 1.807) is 12.1 Å². The molecule has 1 aliphatic heterocycles. The third-order valence-corrected chi connectivity index (χ3v) is 6.50. The summed E-state index contributed by atoms with van der Waals surface area (Å²) in [4.78, 5) is 0. The van der Waals surface area contributed by atoms with Crippen molar-refractivity contribution in [1.82, 2.24) is 0 Å².